The van der Waals surface area contributed by atoms with E-state index in [0.29, 0.717) is 33.1 Å². The quantitative estimate of drug-likeness (QED) is 0.243. The third-order valence-corrected chi connectivity index (χ3v) is 7.79. The summed E-state index contributed by atoms with van der Waals surface area (Å²) < 4.78 is 12.1. The number of hydrogen-bond acceptors (Lipinski definition) is 9. The smallest absolute Gasteiger partial charge is 0.333 e. The third kappa shape index (κ3) is 8.43. The first-order chi connectivity index (χ1) is 20.5. The molecule has 1 aliphatic rings. The fraction of sp³-hybridized carbons (Fsp3) is 0.400. The van der Waals surface area contributed by atoms with E-state index >= 15 is 0 Å². The van der Waals surface area contributed by atoms with Crippen molar-refractivity contribution in [1.29, 1.82) is 0 Å². The summed E-state index contributed by atoms with van der Waals surface area (Å²) in [6.07, 6.45) is 3.61. The van der Waals surface area contributed by atoms with Gasteiger partial charge in [-0.15, -0.1) is 0 Å². The summed E-state index contributed by atoms with van der Waals surface area (Å²) in [5.41, 5.74) is 4.30. The molecule has 2 aromatic carbocycles. The van der Waals surface area contributed by atoms with Crippen LogP contribution in [0.3, 0.4) is 0 Å². The summed E-state index contributed by atoms with van der Waals surface area (Å²) in [7, 11) is 4.89. The summed E-state index contributed by atoms with van der Waals surface area (Å²) in [5.74, 6) is 0.329. The van der Waals surface area contributed by atoms with Gasteiger partial charge in [-0.3, -0.25) is 20.3 Å². The highest BCUT2D eigenvalue weighted by Crippen LogP contribution is 2.35. The molecule has 0 bridgehead atoms. The maximum atomic E-state index is 12.9. The van der Waals surface area contributed by atoms with E-state index in [-0.39, 0.29) is 29.2 Å². The van der Waals surface area contributed by atoms with Gasteiger partial charge >= 0.3 is 6.03 Å². The lowest BCUT2D eigenvalue weighted by Crippen LogP contribution is -2.41. The van der Waals surface area contributed by atoms with Crippen molar-refractivity contribution in [2.45, 2.75) is 45.8 Å². The van der Waals surface area contributed by atoms with E-state index in [4.69, 9.17) is 9.47 Å². The number of benzene rings is 2. The predicted molar refractivity (Wildman–Crippen MR) is 167 cm³/mol. The van der Waals surface area contributed by atoms with E-state index in [1.54, 1.807) is 45.3 Å². The number of nitrogens with zero attached hydrogens (tertiary/aromatic N) is 3. The highest BCUT2D eigenvalue weighted by Gasteiger charge is 2.23. The molecule has 1 aliphatic heterocycles. The average molecular weight is 610 g/mol. The number of amides is 4. The van der Waals surface area contributed by atoms with Crippen LogP contribution in [0.25, 0.3) is 0 Å². The van der Waals surface area contributed by atoms with Crippen LogP contribution in [0.1, 0.15) is 53.0 Å². The third-order valence-electron chi connectivity index (χ3n) is 7.00. The first-order valence-corrected chi connectivity index (χ1v) is 14.9. The van der Waals surface area contributed by atoms with E-state index in [0.717, 1.165) is 43.0 Å². The standard InChI is InChI=1S/C30H39N7O5S/c1-18(2)37-15-13-22(14-16-37)41-21-9-7-20(8-10-21)27(38)34-30-32-17-25(43-30)42-24-12-11-23(33-29(40)35-36(5)6)19(3)26(24)28(39)31-4/h7-12,17-18,22H,13-16H2,1-6H3,(H,31,39)(H,32,34,38)(H2,33,35,40). The molecule has 2 heterocycles. The highest BCUT2D eigenvalue weighted by molar-refractivity contribution is 7.17. The van der Waals surface area contributed by atoms with Crippen molar-refractivity contribution in [3.05, 3.63) is 59.3 Å². The molecule has 43 heavy (non-hydrogen) atoms. The Balaban J connectivity index is 1.38. The Labute approximate surface area is 255 Å². The lowest BCUT2D eigenvalue weighted by Gasteiger charge is -2.34. The van der Waals surface area contributed by atoms with Crippen LogP contribution >= 0.6 is 11.3 Å². The zero-order valence-corrected chi connectivity index (χ0v) is 26.1. The Hall–Kier alpha value is -4.20. The minimum atomic E-state index is -0.447. The second-order valence-electron chi connectivity index (χ2n) is 10.7. The number of carbonyl (C=O) groups excluding carboxylic acids is 3. The molecule has 0 atom stereocenters. The molecule has 0 aliphatic carbocycles. The van der Waals surface area contributed by atoms with Gasteiger partial charge in [0.25, 0.3) is 11.8 Å². The molecular formula is C30H39N7O5S. The number of likely N-dealkylation sites (tertiary alicyclic amines) is 1. The molecule has 1 fully saturated rings. The molecule has 0 spiro atoms. The minimum absolute atomic E-state index is 0.172. The molecule has 1 saturated heterocycles. The maximum absolute atomic E-state index is 12.9. The molecule has 4 N–H and O–H groups in total. The summed E-state index contributed by atoms with van der Waals surface area (Å²) in [6.45, 7) is 8.18. The molecule has 0 saturated carbocycles. The summed E-state index contributed by atoms with van der Waals surface area (Å²) in [6, 6.07) is 10.4. The monoisotopic (exact) mass is 609 g/mol. The van der Waals surface area contributed by atoms with Crippen LogP contribution in [0.2, 0.25) is 0 Å². The zero-order chi connectivity index (χ0) is 31.1. The van der Waals surface area contributed by atoms with Crippen LogP contribution in [-0.4, -0.2) is 79.1 Å². The van der Waals surface area contributed by atoms with Crippen LogP contribution in [0.5, 0.6) is 16.6 Å². The van der Waals surface area contributed by atoms with Gasteiger partial charge in [0, 0.05) is 51.5 Å². The van der Waals surface area contributed by atoms with E-state index in [9.17, 15) is 14.4 Å². The lowest BCUT2D eigenvalue weighted by molar-refractivity contribution is 0.0843. The topological polar surface area (TPSA) is 137 Å². The number of hydrazine groups is 1. The van der Waals surface area contributed by atoms with Crippen molar-refractivity contribution in [2.75, 3.05) is 44.9 Å². The number of carbonyl (C=O) groups is 3. The Morgan fingerprint density at radius 3 is 2.35 bits per heavy atom. The highest BCUT2D eigenvalue weighted by atomic mass is 32.1. The number of ether oxygens (including phenoxy) is 2. The zero-order valence-electron chi connectivity index (χ0n) is 25.3. The molecule has 0 radical (unpaired) electrons. The first-order valence-electron chi connectivity index (χ1n) is 14.1. The van der Waals surface area contributed by atoms with Gasteiger partial charge in [0.2, 0.25) is 5.06 Å². The number of hydrogen-bond donors (Lipinski definition) is 4. The van der Waals surface area contributed by atoms with Gasteiger partial charge in [0.1, 0.15) is 17.6 Å². The Bertz CT molecular complexity index is 1430. The van der Waals surface area contributed by atoms with Crippen LogP contribution < -0.4 is 30.8 Å². The molecule has 1 aromatic heterocycles. The molecule has 13 heteroatoms. The molecule has 230 valence electrons. The van der Waals surface area contributed by atoms with Crippen LogP contribution in [-0.2, 0) is 0 Å². The van der Waals surface area contributed by atoms with E-state index in [2.05, 4.69) is 45.1 Å². The van der Waals surface area contributed by atoms with Crippen LogP contribution in [0.15, 0.2) is 42.6 Å². The minimum Gasteiger partial charge on any atom is -0.490 e. The van der Waals surface area contributed by atoms with E-state index < -0.39 is 6.03 Å². The number of anilines is 2. The normalized spacial score (nSPS) is 14.0. The molecule has 4 amide bonds. The van der Waals surface area contributed by atoms with Crippen LogP contribution in [0.4, 0.5) is 15.6 Å². The summed E-state index contributed by atoms with van der Waals surface area (Å²) in [5, 5.41) is 10.3. The van der Waals surface area contributed by atoms with Crippen molar-refractivity contribution in [2.24, 2.45) is 0 Å². The number of urea groups is 1. The number of aromatic nitrogens is 1. The van der Waals surface area contributed by atoms with Crippen molar-refractivity contribution in [3.8, 4) is 16.6 Å². The van der Waals surface area contributed by atoms with Crippen molar-refractivity contribution in [3.63, 3.8) is 0 Å². The summed E-state index contributed by atoms with van der Waals surface area (Å²) >= 11 is 1.12. The number of nitrogens with one attached hydrogen (secondary N) is 4. The van der Waals surface area contributed by atoms with Crippen molar-refractivity contribution in [1.82, 2.24) is 25.6 Å². The van der Waals surface area contributed by atoms with Gasteiger partial charge in [-0.05, 0) is 75.6 Å². The number of rotatable bonds is 10. The molecule has 0 unspecified atom stereocenters. The van der Waals surface area contributed by atoms with Crippen molar-refractivity contribution < 1.29 is 23.9 Å². The van der Waals surface area contributed by atoms with Gasteiger partial charge in [-0.25, -0.2) is 14.8 Å². The lowest BCUT2D eigenvalue weighted by atomic mass is 10.0. The van der Waals surface area contributed by atoms with E-state index in [1.807, 2.05) is 12.1 Å². The van der Waals surface area contributed by atoms with Gasteiger partial charge < -0.3 is 25.0 Å². The van der Waals surface area contributed by atoms with Gasteiger partial charge in [0.15, 0.2) is 5.13 Å². The number of piperidine rings is 1. The fourth-order valence-electron chi connectivity index (χ4n) is 4.70. The van der Waals surface area contributed by atoms with Crippen LogP contribution in [0, 0.1) is 6.92 Å². The Morgan fingerprint density at radius 2 is 1.72 bits per heavy atom. The Morgan fingerprint density at radius 1 is 1.02 bits per heavy atom. The second-order valence-corrected chi connectivity index (χ2v) is 11.7. The number of thiazole rings is 1. The summed E-state index contributed by atoms with van der Waals surface area (Å²) in [4.78, 5) is 44.5. The van der Waals surface area contributed by atoms with Gasteiger partial charge in [0.05, 0.1) is 11.8 Å². The fourth-order valence-corrected chi connectivity index (χ4v) is 5.37. The Kier molecular flexibility index (Phi) is 10.6. The van der Waals surface area contributed by atoms with E-state index in [1.165, 1.54) is 18.3 Å². The molecule has 3 aromatic rings. The van der Waals surface area contributed by atoms with Gasteiger partial charge in [-0.1, -0.05) is 11.3 Å². The van der Waals surface area contributed by atoms with Crippen molar-refractivity contribution >= 4 is 40.0 Å². The first kappa shape index (κ1) is 31.7. The molecule has 4 rings (SSSR count). The molecule has 12 nitrogen and oxygen atoms in total. The maximum Gasteiger partial charge on any atom is 0.333 e. The average Bonchev–Trinajstić information content (AvgIpc) is 3.41. The second kappa shape index (κ2) is 14.3. The largest absolute Gasteiger partial charge is 0.490 e. The predicted octanol–water partition coefficient (Wildman–Crippen LogP) is 4.71. The van der Waals surface area contributed by atoms with Gasteiger partial charge in [-0.2, -0.15) is 0 Å². The SMILES string of the molecule is CNC(=O)c1c(Oc2cnc(NC(=O)c3ccc(OC4CCN(C(C)C)CC4)cc3)s2)ccc(NC(=O)NN(C)C)c1C. The molecular weight excluding hydrogens is 570 g/mol.